The van der Waals surface area contributed by atoms with Crippen molar-refractivity contribution in [3.63, 3.8) is 0 Å². The molecule has 0 radical (unpaired) electrons. The first kappa shape index (κ1) is 28.9. The Morgan fingerprint density at radius 1 is 0.690 bits per heavy atom. The molecule has 0 spiro atoms. The summed E-state index contributed by atoms with van der Waals surface area (Å²) in [4.78, 5) is 12.5. The summed E-state index contributed by atoms with van der Waals surface area (Å²) in [5, 5.41) is 0. The standard InChI is InChI=1S/C25H49BrO2Si/c1-2-21-25(27)28-22-19-17-15-13-11-9-7-5-3-4-6-8-10-12-14-16-18-20-23-29-24-26/h2,21H,3-20,22-24,29H2,1H3. The molecular formula is C25H49BrO2Si. The second kappa shape index (κ2) is 25.9. The van der Waals surface area contributed by atoms with Crippen molar-refractivity contribution in [3.8, 4) is 0 Å². The molecule has 0 heterocycles. The third kappa shape index (κ3) is 25.9. The van der Waals surface area contributed by atoms with E-state index in [2.05, 4.69) is 15.9 Å². The van der Waals surface area contributed by atoms with Gasteiger partial charge in [-0.3, -0.25) is 0 Å². The molecule has 0 bridgehead atoms. The van der Waals surface area contributed by atoms with Crippen molar-refractivity contribution in [2.24, 2.45) is 0 Å². The Hall–Kier alpha value is -0.0931. The normalized spacial score (nSPS) is 11.8. The van der Waals surface area contributed by atoms with E-state index in [1.54, 1.807) is 12.1 Å². The maximum Gasteiger partial charge on any atom is 0.330 e. The highest BCUT2D eigenvalue weighted by Gasteiger charge is 1.97. The quantitative estimate of drug-likeness (QED) is 0.0477. The first-order valence-corrected chi connectivity index (χ1v) is 15.8. The van der Waals surface area contributed by atoms with E-state index in [-0.39, 0.29) is 15.5 Å². The van der Waals surface area contributed by atoms with Crippen LogP contribution in [0.15, 0.2) is 12.2 Å². The molecular weight excluding hydrogens is 440 g/mol. The van der Waals surface area contributed by atoms with Crippen molar-refractivity contribution in [3.05, 3.63) is 12.2 Å². The van der Waals surface area contributed by atoms with Crippen LogP contribution in [0.2, 0.25) is 6.04 Å². The number of hydrogen-bond donors (Lipinski definition) is 0. The fraction of sp³-hybridized carbons (Fsp3) is 0.880. The minimum atomic E-state index is -0.208. The van der Waals surface area contributed by atoms with E-state index in [9.17, 15) is 4.79 Å². The number of ether oxygens (including phenoxy) is 1. The van der Waals surface area contributed by atoms with Gasteiger partial charge in [0.25, 0.3) is 0 Å². The van der Waals surface area contributed by atoms with Crippen molar-refractivity contribution in [1.82, 2.24) is 0 Å². The fourth-order valence-electron chi connectivity index (χ4n) is 3.74. The average Bonchev–Trinajstić information content (AvgIpc) is 2.72. The van der Waals surface area contributed by atoms with Crippen LogP contribution in [-0.2, 0) is 9.53 Å². The predicted molar refractivity (Wildman–Crippen MR) is 136 cm³/mol. The number of esters is 1. The van der Waals surface area contributed by atoms with Crippen LogP contribution in [0.25, 0.3) is 0 Å². The molecule has 29 heavy (non-hydrogen) atoms. The topological polar surface area (TPSA) is 26.3 Å². The van der Waals surface area contributed by atoms with Crippen LogP contribution in [0, 0.1) is 0 Å². The Kier molecular flexibility index (Phi) is 25.9. The van der Waals surface area contributed by atoms with Crippen LogP contribution in [0.1, 0.15) is 122 Å². The van der Waals surface area contributed by atoms with Crippen molar-refractivity contribution < 1.29 is 9.53 Å². The van der Waals surface area contributed by atoms with Crippen LogP contribution in [0.4, 0.5) is 0 Å². The molecule has 4 heteroatoms. The van der Waals surface area contributed by atoms with E-state index in [4.69, 9.17) is 4.74 Å². The third-order valence-electron chi connectivity index (χ3n) is 5.58. The Bertz CT molecular complexity index is 361. The lowest BCUT2D eigenvalue weighted by Crippen LogP contribution is -2.01. The zero-order chi connectivity index (χ0) is 21.3. The van der Waals surface area contributed by atoms with E-state index < -0.39 is 0 Å². The lowest BCUT2D eigenvalue weighted by atomic mass is 10.0. The summed E-state index contributed by atoms with van der Waals surface area (Å²) in [6.45, 7) is 2.40. The minimum Gasteiger partial charge on any atom is -0.463 e. The molecule has 0 rings (SSSR count). The number of alkyl halides is 1. The summed E-state index contributed by atoms with van der Waals surface area (Å²) in [6, 6.07) is 1.54. The maximum absolute atomic E-state index is 11.1. The molecule has 0 aromatic rings. The Morgan fingerprint density at radius 2 is 1.07 bits per heavy atom. The van der Waals surface area contributed by atoms with Gasteiger partial charge in [-0.05, 0) is 18.3 Å². The summed E-state index contributed by atoms with van der Waals surface area (Å²) in [6.07, 6.45) is 28.3. The molecule has 0 aliphatic carbocycles. The second-order valence-corrected chi connectivity index (χ2v) is 12.6. The van der Waals surface area contributed by atoms with Gasteiger partial charge in [0.15, 0.2) is 0 Å². The second-order valence-electron chi connectivity index (χ2n) is 8.43. The predicted octanol–water partition coefficient (Wildman–Crippen LogP) is 8.07. The highest BCUT2D eigenvalue weighted by Crippen LogP contribution is 2.14. The van der Waals surface area contributed by atoms with Gasteiger partial charge in [0.05, 0.1) is 6.61 Å². The van der Waals surface area contributed by atoms with E-state index >= 15 is 0 Å². The van der Waals surface area contributed by atoms with Crippen molar-refractivity contribution in [2.45, 2.75) is 129 Å². The molecule has 0 fully saturated rings. The van der Waals surface area contributed by atoms with Crippen LogP contribution in [0.3, 0.4) is 0 Å². The molecule has 0 N–H and O–H groups in total. The SMILES string of the molecule is CC=CC(=O)OCCCCCCCCCCCCCCCCCCCC[SiH2]CBr. The Morgan fingerprint density at radius 3 is 1.45 bits per heavy atom. The number of allylic oxidation sites excluding steroid dienone is 1. The molecule has 0 saturated carbocycles. The summed E-state index contributed by atoms with van der Waals surface area (Å²) < 4.78 is 5.10. The largest absolute Gasteiger partial charge is 0.463 e. The number of halogens is 1. The zero-order valence-electron chi connectivity index (χ0n) is 19.4. The van der Waals surface area contributed by atoms with Gasteiger partial charge in [0.2, 0.25) is 0 Å². The molecule has 0 aromatic heterocycles. The van der Waals surface area contributed by atoms with Gasteiger partial charge in [-0.2, -0.15) is 0 Å². The number of carbonyl (C=O) groups is 1. The average molecular weight is 490 g/mol. The first-order chi connectivity index (χ1) is 14.3. The summed E-state index contributed by atoms with van der Waals surface area (Å²) in [5.41, 5.74) is 0. The lowest BCUT2D eigenvalue weighted by molar-refractivity contribution is -0.137. The van der Waals surface area contributed by atoms with Gasteiger partial charge in [0, 0.05) is 15.6 Å². The van der Waals surface area contributed by atoms with Crippen molar-refractivity contribution in [2.75, 3.05) is 11.6 Å². The number of rotatable bonds is 23. The monoisotopic (exact) mass is 488 g/mol. The molecule has 0 saturated heterocycles. The van der Waals surface area contributed by atoms with E-state index in [1.165, 1.54) is 120 Å². The minimum absolute atomic E-state index is 0.208. The van der Waals surface area contributed by atoms with Gasteiger partial charge in [-0.25, -0.2) is 4.79 Å². The number of carbonyl (C=O) groups excluding carboxylic acids is 1. The van der Waals surface area contributed by atoms with Crippen LogP contribution in [-0.4, -0.2) is 27.0 Å². The molecule has 0 unspecified atom stereocenters. The molecule has 2 nitrogen and oxygen atoms in total. The van der Waals surface area contributed by atoms with Gasteiger partial charge in [-0.15, -0.1) is 0 Å². The molecule has 0 atom stereocenters. The van der Waals surface area contributed by atoms with Gasteiger partial charge >= 0.3 is 5.97 Å². The van der Waals surface area contributed by atoms with Gasteiger partial charge in [-0.1, -0.05) is 137 Å². The fourth-order valence-corrected chi connectivity index (χ4v) is 5.82. The number of unbranched alkanes of at least 4 members (excludes halogenated alkanes) is 17. The van der Waals surface area contributed by atoms with Crippen molar-refractivity contribution in [1.29, 1.82) is 0 Å². The Balaban J connectivity index is 3.04. The van der Waals surface area contributed by atoms with Crippen molar-refractivity contribution >= 4 is 31.4 Å². The highest BCUT2D eigenvalue weighted by molar-refractivity contribution is 9.09. The molecule has 0 aromatic carbocycles. The molecule has 0 aliphatic heterocycles. The molecule has 172 valence electrons. The molecule has 0 aliphatic rings. The molecule has 0 amide bonds. The van der Waals surface area contributed by atoms with E-state index in [1.807, 2.05) is 6.92 Å². The van der Waals surface area contributed by atoms with E-state index in [0.717, 1.165) is 6.42 Å². The highest BCUT2D eigenvalue weighted by atomic mass is 79.9. The number of hydrogen-bond acceptors (Lipinski definition) is 2. The van der Waals surface area contributed by atoms with Gasteiger partial charge < -0.3 is 4.74 Å². The lowest BCUT2D eigenvalue weighted by Gasteiger charge is -2.04. The van der Waals surface area contributed by atoms with Crippen LogP contribution in [0.5, 0.6) is 0 Å². The smallest absolute Gasteiger partial charge is 0.330 e. The summed E-state index contributed by atoms with van der Waals surface area (Å²) in [5.74, 6) is -0.208. The summed E-state index contributed by atoms with van der Waals surface area (Å²) in [7, 11) is 0.250. The summed E-state index contributed by atoms with van der Waals surface area (Å²) >= 11 is 3.56. The first-order valence-electron chi connectivity index (χ1n) is 12.7. The zero-order valence-corrected chi connectivity index (χ0v) is 22.4. The third-order valence-corrected chi connectivity index (χ3v) is 8.52. The maximum atomic E-state index is 11.1. The van der Waals surface area contributed by atoms with Gasteiger partial charge in [0.1, 0.15) is 0 Å². The van der Waals surface area contributed by atoms with Crippen LogP contribution < -0.4 is 0 Å². The van der Waals surface area contributed by atoms with Crippen LogP contribution >= 0.6 is 15.9 Å². The Labute approximate surface area is 193 Å². The van der Waals surface area contributed by atoms with E-state index in [0.29, 0.717) is 6.61 Å².